The Labute approximate surface area is 98.7 Å². The zero-order valence-corrected chi connectivity index (χ0v) is 11.5. The van der Waals surface area contributed by atoms with Gasteiger partial charge in [-0.25, -0.2) is 0 Å². The summed E-state index contributed by atoms with van der Waals surface area (Å²) in [6.07, 6.45) is 1.69. The van der Waals surface area contributed by atoms with E-state index in [-0.39, 0.29) is 6.29 Å². The van der Waals surface area contributed by atoms with Gasteiger partial charge in [-0.1, -0.05) is 6.58 Å². The van der Waals surface area contributed by atoms with Crippen molar-refractivity contribution in [3.05, 3.63) is 12.8 Å². The van der Waals surface area contributed by atoms with Gasteiger partial charge in [0.25, 0.3) is 0 Å². The van der Waals surface area contributed by atoms with Crippen LogP contribution in [0.5, 0.6) is 0 Å². The van der Waals surface area contributed by atoms with Crippen LogP contribution in [0.3, 0.4) is 0 Å². The van der Waals surface area contributed by atoms with Crippen molar-refractivity contribution in [2.75, 3.05) is 27.9 Å². The third kappa shape index (κ3) is 5.09. The lowest BCUT2D eigenvalue weighted by molar-refractivity contribution is -0.104. The van der Waals surface area contributed by atoms with Crippen molar-refractivity contribution in [3.63, 3.8) is 0 Å². The second-order valence-corrected chi connectivity index (χ2v) is 6.11. The Morgan fingerprint density at radius 3 is 2.12 bits per heavy atom. The molecule has 6 heteroatoms. The minimum Gasteiger partial charge on any atom is -0.473 e. The molecule has 0 amide bonds. The molecule has 0 N–H and O–H groups in total. The van der Waals surface area contributed by atoms with Gasteiger partial charge in [0.2, 0.25) is 0 Å². The molecule has 0 aliphatic heterocycles. The molecule has 0 aliphatic carbocycles. The van der Waals surface area contributed by atoms with Crippen molar-refractivity contribution < 1.29 is 22.8 Å². The Balaban J connectivity index is 4.18. The molecule has 0 saturated carbocycles. The average Bonchev–Trinajstić information content (AvgIpc) is 2.32. The monoisotopic (exact) mass is 250 g/mol. The Hall–Kier alpha value is -0.403. The second kappa shape index (κ2) is 8.71. The van der Waals surface area contributed by atoms with E-state index in [9.17, 15) is 0 Å². The van der Waals surface area contributed by atoms with Gasteiger partial charge in [0, 0.05) is 40.4 Å². The number of rotatable bonds is 10. The van der Waals surface area contributed by atoms with E-state index in [4.69, 9.17) is 22.8 Å². The number of hydrogen-bond donors (Lipinski definition) is 0. The van der Waals surface area contributed by atoms with Crippen molar-refractivity contribution in [1.82, 2.24) is 0 Å². The zero-order valence-electron chi connectivity index (χ0n) is 10.5. The molecule has 0 aromatic carbocycles. The minimum absolute atomic E-state index is 0.324. The molecule has 1 unspecified atom stereocenters. The van der Waals surface area contributed by atoms with Crippen LogP contribution in [-0.4, -0.2) is 43.0 Å². The van der Waals surface area contributed by atoms with Gasteiger partial charge in [-0.05, 0) is 6.92 Å². The highest BCUT2D eigenvalue weighted by atomic mass is 28.4. The van der Waals surface area contributed by atoms with E-state index in [1.54, 1.807) is 21.3 Å². The van der Waals surface area contributed by atoms with Crippen molar-refractivity contribution >= 4 is 8.80 Å². The predicted octanol–water partition coefficient (Wildman–Crippen LogP) is 1.78. The van der Waals surface area contributed by atoms with Crippen LogP contribution in [0.4, 0.5) is 0 Å². The summed E-state index contributed by atoms with van der Waals surface area (Å²) in [4.78, 5) is 0. The first-order valence-corrected chi connectivity index (χ1v) is 7.14. The van der Waals surface area contributed by atoms with Crippen LogP contribution in [-0.2, 0) is 22.8 Å². The van der Waals surface area contributed by atoms with E-state index in [2.05, 4.69) is 6.58 Å². The maximum atomic E-state index is 5.37. The Bertz CT molecular complexity index is 176. The van der Waals surface area contributed by atoms with Gasteiger partial charge in [0.15, 0.2) is 6.29 Å². The lowest BCUT2D eigenvalue weighted by Crippen LogP contribution is -2.43. The summed E-state index contributed by atoms with van der Waals surface area (Å²) in [5, 5.41) is 0. The third-order valence-electron chi connectivity index (χ3n) is 2.22. The zero-order chi connectivity index (χ0) is 12.4. The largest absolute Gasteiger partial charge is 0.500 e. The highest BCUT2D eigenvalue weighted by molar-refractivity contribution is 6.60. The van der Waals surface area contributed by atoms with Gasteiger partial charge in [0.1, 0.15) is 0 Å². The summed E-state index contributed by atoms with van der Waals surface area (Å²) >= 11 is 0. The number of hydrogen-bond acceptors (Lipinski definition) is 5. The average molecular weight is 250 g/mol. The second-order valence-electron chi connectivity index (χ2n) is 3.02. The van der Waals surface area contributed by atoms with Gasteiger partial charge < -0.3 is 22.8 Å². The van der Waals surface area contributed by atoms with E-state index in [1.807, 2.05) is 6.92 Å². The summed E-state index contributed by atoms with van der Waals surface area (Å²) in [7, 11) is 2.23. The van der Waals surface area contributed by atoms with Crippen LogP contribution < -0.4 is 0 Å². The summed E-state index contributed by atoms with van der Waals surface area (Å²) in [5.74, 6) is 0. The molecule has 0 heterocycles. The van der Waals surface area contributed by atoms with E-state index >= 15 is 0 Å². The van der Waals surface area contributed by atoms with Crippen LogP contribution in [0.25, 0.3) is 0 Å². The van der Waals surface area contributed by atoms with Gasteiger partial charge in [-0.2, -0.15) is 0 Å². The van der Waals surface area contributed by atoms with Crippen LogP contribution in [0.2, 0.25) is 6.04 Å². The quantitative estimate of drug-likeness (QED) is 0.336. The smallest absolute Gasteiger partial charge is 0.473 e. The van der Waals surface area contributed by atoms with Crippen LogP contribution >= 0.6 is 0 Å². The van der Waals surface area contributed by atoms with E-state index < -0.39 is 8.80 Å². The normalized spacial score (nSPS) is 13.5. The summed E-state index contributed by atoms with van der Waals surface area (Å²) in [6, 6.07) is 0.634. The van der Waals surface area contributed by atoms with Gasteiger partial charge in [-0.15, -0.1) is 0 Å². The molecular formula is C10H22O5Si. The van der Waals surface area contributed by atoms with Gasteiger partial charge >= 0.3 is 8.80 Å². The molecule has 96 valence electrons. The lowest BCUT2D eigenvalue weighted by atomic mass is 10.5. The fraction of sp³-hybridized carbons (Fsp3) is 0.800. The molecule has 0 bridgehead atoms. The predicted molar refractivity (Wildman–Crippen MR) is 62.9 cm³/mol. The van der Waals surface area contributed by atoms with Crippen molar-refractivity contribution in [1.29, 1.82) is 0 Å². The lowest BCUT2D eigenvalue weighted by Gasteiger charge is -2.26. The van der Waals surface area contributed by atoms with Crippen molar-refractivity contribution in [2.45, 2.75) is 25.7 Å². The topological polar surface area (TPSA) is 46.2 Å². The molecule has 5 nitrogen and oxygen atoms in total. The Morgan fingerprint density at radius 1 is 1.19 bits per heavy atom. The first kappa shape index (κ1) is 15.6. The number of ether oxygens (including phenoxy) is 2. The molecule has 1 atom stereocenters. The van der Waals surface area contributed by atoms with Crippen LogP contribution in [0.15, 0.2) is 12.8 Å². The maximum absolute atomic E-state index is 5.37. The molecule has 0 fully saturated rings. The SMILES string of the molecule is C=COC(CC[Si](OC)(OC)OC)OCC. The third-order valence-corrected chi connectivity index (χ3v) is 4.99. The standard InChI is InChI=1S/C10H22O5Si/c1-6-14-10(15-7-2)8-9-16(11-3,12-4)13-5/h6,10H,1,7-9H2,2-5H3. The molecule has 0 saturated heterocycles. The molecule has 0 radical (unpaired) electrons. The molecule has 0 spiro atoms. The first-order chi connectivity index (χ1) is 7.67. The van der Waals surface area contributed by atoms with E-state index in [0.29, 0.717) is 19.1 Å². The summed E-state index contributed by atoms with van der Waals surface area (Å²) in [6.45, 7) is 6.00. The molecule has 0 aliphatic rings. The van der Waals surface area contributed by atoms with Gasteiger partial charge in [-0.3, -0.25) is 0 Å². The fourth-order valence-electron chi connectivity index (χ4n) is 1.33. The summed E-state index contributed by atoms with van der Waals surface area (Å²) < 4.78 is 26.5. The molecule has 0 rings (SSSR count). The van der Waals surface area contributed by atoms with E-state index in [1.165, 1.54) is 6.26 Å². The Morgan fingerprint density at radius 2 is 1.75 bits per heavy atom. The molecule has 16 heavy (non-hydrogen) atoms. The molecular weight excluding hydrogens is 228 g/mol. The van der Waals surface area contributed by atoms with Crippen LogP contribution in [0, 0.1) is 0 Å². The molecule has 0 aromatic rings. The van der Waals surface area contributed by atoms with Crippen molar-refractivity contribution in [3.8, 4) is 0 Å². The van der Waals surface area contributed by atoms with Crippen molar-refractivity contribution in [2.24, 2.45) is 0 Å². The first-order valence-electron chi connectivity index (χ1n) is 5.21. The Kier molecular flexibility index (Phi) is 8.50. The van der Waals surface area contributed by atoms with Crippen LogP contribution in [0.1, 0.15) is 13.3 Å². The molecule has 0 aromatic heterocycles. The van der Waals surface area contributed by atoms with E-state index in [0.717, 1.165) is 0 Å². The highest BCUT2D eigenvalue weighted by Crippen LogP contribution is 2.18. The maximum Gasteiger partial charge on any atom is 0.500 e. The van der Waals surface area contributed by atoms with Gasteiger partial charge in [0.05, 0.1) is 6.26 Å². The summed E-state index contributed by atoms with van der Waals surface area (Å²) in [5.41, 5.74) is 0. The fourth-order valence-corrected chi connectivity index (χ4v) is 3.04. The minimum atomic E-state index is -2.53. The highest BCUT2D eigenvalue weighted by Gasteiger charge is 2.38.